The van der Waals surface area contributed by atoms with E-state index in [2.05, 4.69) is 27.7 Å². The van der Waals surface area contributed by atoms with Crippen LogP contribution >= 0.6 is 0 Å². The summed E-state index contributed by atoms with van der Waals surface area (Å²) >= 11 is 0. The van der Waals surface area contributed by atoms with Gasteiger partial charge < -0.3 is 15.5 Å². The lowest BCUT2D eigenvalue weighted by Crippen LogP contribution is -2.40. The number of anilines is 1. The van der Waals surface area contributed by atoms with Gasteiger partial charge in [0.05, 0.1) is 0 Å². The minimum Gasteiger partial charge on any atom is -0.359 e. The molecule has 0 atom stereocenters. The molecule has 1 aromatic carbocycles. The van der Waals surface area contributed by atoms with Crippen molar-refractivity contribution >= 4 is 17.5 Å². The Morgan fingerprint density at radius 3 is 2.67 bits per heavy atom. The van der Waals surface area contributed by atoms with Gasteiger partial charge in [-0.25, -0.2) is 0 Å². The predicted octanol–water partition coefficient (Wildman–Crippen LogP) is 1.96. The molecule has 2 amide bonds. The first-order chi connectivity index (χ1) is 11.7. The van der Waals surface area contributed by atoms with E-state index in [1.54, 1.807) is 7.05 Å². The molecule has 1 aromatic rings. The maximum Gasteiger partial charge on any atom is 0.225 e. The van der Waals surface area contributed by atoms with Crippen molar-refractivity contribution in [2.75, 3.05) is 32.0 Å². The summed E-state index contributed by atoms with van der Waals surface area (Å²) < 4.78 is 0. The first-order valence-electron chi connectivity index (χ1n) is 9.01. The highest BCUT2D eigenvalue weighted by atomic mass is 16.2. The Bertz CT molecular complexity index is 607. The minimum absolute atomic E-state index is 0.0707. The lowest BCUT2D eigenvalue weighted by molar-refractivity contribution is -0.126. The van der Waals surface area contributed by atoms with Gasteiger partial charge in [-0.1, -0.05) is 6.07 Å². The van der Waals surface area contributed by atoms with Gasteiger partial charge in [-0.2, -0.15) is 0 Å². The number of hydrogen-bond acceptors (Lipinski definition) is 3. The number of piperidine rings is 1. The minimum atomic E-state index is 0.0707. The zero-order valence-electron chi connectivity index (χ0n) is 14.4. The molecule has 0 bridgehead atoms. The summed E-state index contributed by atoms with van der Waals surface area (Å²) in [6.45, 7) is 2.55. The number of carbonyl (C=O) groups excluding carboxylic acids is 2. The van der Waals surface area contributed by atoms with Crippen molar-refractivity contribution in [3.05, 3.63) is 29.3 Å². The highest BCUT2D eigenvalue weighted by molar-refractivity contribution is 5.91. The van der Waals surface area contributed by atoms with Crippen LogP contribution in [0.1, 0.15) is 36.8 Å². The van der Waals surface area contributed by atoms with Crippen LogP contribution in [-0.2, 0) is 22.4 Å². The number of aryl methyl sites for hydroxylation is 2. The zero-order chi connectivity index (χ0) is 16.9. The molecule has 3 rings (SSSR count). The van der Waals surface area contributed by atoms with Gasteiger partial charge in [0.15, 0.2) is 0 Å². The third kappa shape index (κ3) is 4.15. The van der Waals surface area contributed by atoms with Crippen molar-refractivity contribution in [3.63, 3.8) is 0 Å². The SMILES string of the molecule is CNC(=O)C1CCN(CCC(=O)Nc2ccc3c(c2)CCC3)CC1. The van der Waals surface area contributed by atoms with Gasteiger partial charge in [-0.05, 0) is 68.5 Å². The molecular formula is C19H27N3O2. The van der Waals surface area contributed by atoms with Gasteiger partial charge in [0.1, 0.15) is 0 Å². The summed E-state index contributed by atoms with van der Waals surface area (Å²) in [5.41, 5.74) is 3.72. The van der Waals surface area contributed by atoms with Crippen molar-refractivity contribution < 1.29 is 9.59 Å². The number of nitrogens with one attached hydrogen (secondary N) is 2. The zero-order valence-corrected chi connectivity index (χ0v) is 14.4. The molecule has 1 aliphatic heterocycles. The fourth-order valence-corrected chi connectivity index (χ4v) is 3.76. The summed E-state index contributed by atoms with van der Waals surface area (Å²) in [6, 6.07) is 6.27. The smallest absolute Gasteiger partial charge is 0.225 e. The van der Waals surface area contributed by atoms with Crippen molar-refractivity contribution in [1.82, 2.24) is 10.2 Å². The topological polar surface area (TPSA) is 61.4 Å². The second-order valence-electron chi connectivity index (χ2n) is 6.87. The van der Waals surface area contributed by atoms with E-state index in [-0.39, 0.29) is 17.7 Å². The molecule has 1 heterocycles. The Balaban J connectivity index is 1.41. The quantitative estimate of drug-likeness (QED) is 0.868. The largest absolute Gasteiger partial charge is 0.359 e. The molecule has 0 aromatic heterocycles. The number of nitrogens with zero attached hydrogens (tertiary/aromatic N) is 1. The van der Waals surface area contributed by atoms with E-state index in [0.717, 1.165) is 51.0 Å². The first kappa shape index (κ1) is 17.0. The second-order valence-corrected chi connectivity index (χ2v) is 6.87. The van der Waals surface area contributed by atoms with Crippen LogP contribution in [0.4, 0.5) is 5.69 Å². The van der Waals surface area contributed by atoms with Crippen LogP contribution in [0.3, 0.4) is 0 Å². The lowest BCUT2D eigenvalue weighted by atomic mass is 9.96. The molecule has 2 aliphatic rings. The molecule has 1 saturated heterocycles. The van der Waals surface area contributed by atoms with E-state index in [9.17, 15) is 9.59 Å². The van der Waals surface area contributed by atoms with E-state index in [4.69, 9.17) is 0 Å². The predicted molar refractivity (Wildman–Crippen MR) is 94.9 cm³/mol. The fraction of sp³-hybridized carbons (Fsp3) is 0.579. The Morgan fingerprint density at radius 2 is 1.92 bits per heavy atom. The number of hydrogen-bond donors (Lipinski definition) is 2. The molecule has 2 N–H and O–H groups in total. The molecule has 0 radical (unpaired) electrons. The van der Waals surface area contributed by atoms with E-state index in [0.29, 0.717) is 6.42 Å². The maximum atomic E-state index is 12.2. The van der Waals surface area contributed by atoms with E-state index >= 15 is 0 Å². The van der Waals surface area contributed by atoms with E-state index in [1.807, 2.05) is 6.07 Å². The average molecular weight is 329 g/mol. The highest BCUT2D eigenvalue weighted by Gasteiger charge is 2.24. The van der Waals surface area contributed by atoms with Gasteiger partial charge in [0, 0.05) is 31.6 Å². The Kier molecular flexibility index (Phi) is 5.51. The van der Waals surface area contributed by atoms with E-state index < -0.39 is 0 Å². The van der Waals surface area contributed by atoms with Crippen molar-refractivity contribution in [2.24, 2.45) is 5.92 Å². The van der Waals surface area contributed by atoms with E-state index in [1.165, 1.54) is 17.5 Å². The van der Waals surface area contributed by atoms with Crippen molar-refractivity contribution in [1.29, 1.82) is 0 Å². The molecule has 0 spiro atoms. The number of rotatable bonds is 5. The summed E-state index contributed by atoms with van der Waals surface area (Å²) in [5.74, 6) is 0.344. The summed E-state index contributed by atoms with van der Waals surface area (Å²) in [5, 5.41) is 5.74. The molecule has 0 unspecified atom stereocenters. The summed E-state index contributed by atoms with van der Waals surface area (Å²) in [6.07, 6.45) is 5.77. The monoisotopic (exact) mass is 329 g/mol. The standard InChI is InChI=1S/C19H27N3O2/c1-20-19(24)15-7-10-22(11-8-15)12-9-18(23)21-17-6-5-14-3-2-4-16(14)13-17/h5-6,13,15H,2-4,7-12H2,1H3,(H,20,24)(H,21,23). The van der Waals surface area contributed by atoms with Crippen molar-refractivity contribution in [2.45, 2.75) is 38.5 Å². The summed E-state index contributed by atoms with van der Waals surface area (Å²) in [4.78, 5) is 26.1. The van der Waals surface area contributed by atoms with Crippen LogP contribution in [0.25, 0.3) is 0 Å². The third-order valence-corrected chi connectivity index (χ3v) is 5.24. The number of benzene rings is 1. The van der Waals surface area contributed by atoms with Gasteiger partial charge in [0.25, 0.3) is 0 Å². The van der Waals surface area contributed by atoms with Gasteiger partial charge in [0.2, 0.25) is 11.8 Å². The first-order valence-corrected chi connectivity index (χ1v) is 9.01. The van der Waals surface area contributed by atoms with Crippen molar-refractivity contribution in [3.8, 4) is 0 Å². The Labute approximate surface area is 143 Å². The number of amides is 2. The van der Waals surface area contributed by atoms with Crippen LogP contribution in [0.5, 0.6) is 0 Å². The van der Waals surface area contributed by atoms with Crippen LogP contribution in [0.2, 0.25) is 0 Å². The van der Waals surface area contributed by atoms with Crippen LogP contribution in [-0.4, -0.2) is 43.4 Å². The molecule has 130 valence electrons. The Hall–Kier alpha value is -1.88. The van der Waals surface area contributed by atoms with Crippen LogP contribution < -0.4 is 10.6 Å². The van der Waals surface area contributed by atoms with Gasteiger partial charge >= 0.3 is 0 Å². The van der Waals surface area contributed by atoms with Gasteiger partial charge in [-0.15, -0.1) is 0 Å². The Morgan fingerprint density at radius 1 is 1.17 bits per heavy atom. The molecule has 1 aliphatic carbocycles. The lowest BCUT2D eigenvalue weighted by Gasteiger charge is -2.30. The normalized spacial score (nSPS) is 18.2. The molecule has 0 saturated carbocycles. The van der Waals surface area contributed by atoms with Gasteiger partial charge in [-0.3, -0.25) is 9.59 Å². The number of fused-ring (bicyclic) bond motifs is 1. The molecule has 5 nitrogen and oxygen atoms in total. The highest BCUT2D eigenvalue weighted by Crippen LogP contribution is 2.25. The third-order valence-electron chi connectivity index (χ3n) is 5.24. The maximum absolute atomic E-state index is 12.2. The van der Waals surface area contributed by atoms with Crippen LogP contribution in [0.15, 0.2) is 18.2 Å². The fourth-order valence-electron chi connectivity index (χ4n) is 3.76. The van der Waals surface area contributed by atoms with Crippen LogP contribution in [0, 0.1) is 5.92 Å². The molecule has 1 fully saturated rings. The summed E-state index contributed by atoms with van der Waals surface area (Å²) in [7, 11) is 1.69. The average Bonchev–Trinajstić information content (AvgIpc) is 3.07. The molecular weight excluding hydrogens is 302 g/mol. The molecule has 5 heteroatoms. The number of likely N-dealkylation sites (tertiary alicyclic amines) is 1. The molecule has 24 heavy (non-hydrogen) atoms. The number of carbonyl (C=O) groups is 2. The second kappa shape index (κ2) is 7.79.